The first-order valence-corrected chi connectivity index (χ1v) is 13.1. The largest absolute Gasteiger partial charge is 0.349 e. The molecule has 0 saturated heterocycles. The van der Waals surface area contributed by atoms with E-state index in [0.717, 1.165) is 40.5 Å². The zero-order valence-corrected chi connectivity index (χ0v) is 20.7. The highest BCUT2D eigenvalue weighted by atomic mass is 32.2. The Kier molecular flexibility index (Phi) is 7.23. The van der Waals surface area contributed by atoms with Gasteiger partial charge in [0.25, 0.3) is 0 Å². The number of amides is 1. The van der Waals surface area contributed by atoms with E-state index in [-0.39, 0.29) is 17.7 Å². The minimum absolute atomic E-state index is 0.0139. The number of benzene rings is 2. The van der Waals surface area contributed by atoms with E-state index in [1.54, 1.807) is 12.4 Å². The molecule has 178 valence electrons. The van der Waals surface area contributed by atoms with Crippen molar-refractivity contribution in [2.75, 3.05) is 5.75 Å². The van der Waals surface area contributed by atoms with Gasteiger partial charge in [0.15, 0.2) is 11.0 Å². The molecule has 5 rings (SSSR count). The lowest BCUT2D eigenvalue weighted by Gasteiger charge is -2.20. The topological polar surface area (TPSA) is 72.7 Å². The number of pyridine rings is 1. The molecule has 0 spiro atoms. The van der Waals surface area contributed by atoms with Gasteiger partial charge in [-0.2, -0.15) is 0 Å². The fourth-order valence-corrected chi connectivity index (χ4v) is 5.29. The number of nitrogens with one attached hydrogen (secondary N) is 1. The molecular weight excluding hydrogens is 454 g/mol. The van der Waals surface area contributed by atoms with Crippen LogP contribution in [0.4, 0.5) is 0 Å². The lowest BCUT2D eigenvalue weighted by Crippen LogP contribution is -2.28. The molecule has 1 amide bonds. The van der Waals surface area contributed by atoms with Crippen LogP contribution in [0.3, 0.4) is 0 Å². The van der Waals surface area contributed by atoms with Crippen LogP contribution < -0.4 is 5.32 Å². The van der Waals surface area contributed by atoms with Crippen LogP contribution in [0.25, 0.3) is 11.4 Å². The van der Waals surface area contributed by atoms with E-state index in [1.807, 2.05) is 37.3 Å². The molecule has 0 bridgehead atoms. The van der Waals surface area contributed by atoms with Crippen molar-refractivity contribution in [2.45, 2.75) is 50.4 Å². The van der Waals surface area contributed by atoms with Gasteiger partial charge in [0.05, 0.1) is 18.3 Å². The number of hydrogen-bond donors (Lipinski definition) is 1. The number of carbonyl (C=O) groups is 1. The second-order valence-corrected chi connectivity index (χ2v) is 9.87. The molecule has 2 aromatic heterocycles. The first-order valence-electron chi connectivity index (χ1n) is 12.1. The van der Waals surface area contributed by atoms with Crippen LogP contribution in [-0.2, 0) is 24.2 Å². The van der Waals surface area contributed by atoms with E-state index in [4.69, 9.17) is 0 Å². The first-order chi connectivity index (χ1) is 17.2. The van der Waals surface area contributed by atoms with Gasteiger partial charge in [0.1, 0.15) is 0 Å². The average Bonchev–Trinajstić information content (AvgIpc) is 3.30. The van der Waals surface area contributed by atoms with Gasteiger partial charge in [-0.25, -0.2) is 0 Å². The Morgan fingerprint density at radius 1 is 1.00 bits per heavy atom. The van der Waals surface area contributed by atoms with E-state index in [2.05, 4.69) is 55.4 Å². The van der Waals surface area contributed by atoms with Crippen LogP contribution in [0.1, 0.15) is 48.1 Å². The molecule has 6 nitrogen and oxygen atoms in total. The molecule has 1 aliphatic carbocycles. The first kappa shape index (κ1) is 23.3. The molecule has 0 aliphatic heterocycles. The monoisotopic (exact) mass is 483 g/mol. The lowest BCUT2D eigenvalue weighted by atomic mass is 9.89. The maximum absolute atomic E-state index is 12.8. The number of aryl methyl sites for hydroxylation is 2. The maximum atomic E-state index is 12.8. The summed E-state index contributed by atoms with van der Waals surface area (Å²) in [6, 6.07) is 20.7. The summed E-state index contributed by atoms with van der Waals surface area (Å²) in [5.41, 5.74) is 6.14. The summed E-state index contributed by atoms with van der Waals surface area (Å²) < 4.78 is 2.07. The molecule has 4 aromatic rings. The van der Waals surface area contributed by atoms with Crippen molar-refractivity contribution in [1.29, 1.82) is 0 Å². The number of nitrogens with zero attached hydrogens (tertiary/aromatic N) is 4. The summed E-state index contributed by atoms with van der Waals surface area (Å²) in [5, 5.41) is 12.7. The van der Waals surface area contributed by atoms with Gasteiger partial charge < -0.3 is 5.32 Å². The maximum Gasteiger partial charge on any atom is 0.230 e. The average molecular weight is 484 g/mol. The van der Waals surface area contributed by atoms with Crippen molar-refractivity contribution in [2.24, 2.45) is 0 Å². The predicted molar refractivity (Wildman–Crippen MR) is 139 cm³/mol. The van der Waals surface area contributed by atoms with Gasteiger partial charge in [0.2, 0.25) is 5.91 Å². The Balaban J connectivity index is 1.28. The summed E-state index contributed by atoms with van der Waals surface area (Å²) in [7, 11) is 0. The standard InChI is InChI=1S/C28H29N5OS/c1-20(24-12-11-22-9-5-6-10-25(22)17-24)30-26(34)19-35-28-32-31-27(23-13-15-29-16-14-23)33(28)18-21-7-3-2-4-8-21/h2-4,7-8,11-17,20H,5-6,9-10,18-19H2,1H3,(H,30,34). The number of carbonyl (C=O) groups excluding carboxylic acids is 1. The molecule has 0 fully saturated rings. The van der Waals surface area contributed by atoms with Crippen molar-refractivity contribution in [3.63, 3.8) is 0 Å². The highest BCUT2D eigenvalue weighted by molar-refractivity contribution is 7.99. The van der Waals surface area contributed by atoms with Gasteiger partial charge in [-0.3, -0.25) is 14.3 Å². The second kappa shape index (κ2) is 10.9. The second-order valence-electron chi connectivity index (χ2n) is 8.93. The number of rotatable bonds is 8. The molecule has 35 heavy (non-hydrogen) atoms. The fraction of sp³-hybridized carbons (Fsp3) is 0.286. The molecule has 1 unspecified atom stereocenters. The van der Waals surface area contributed by atoms with Gasteiger partial charge in [-0.1, -0.05) is 60.3 Å². The van der Waals surface area contributed by atoms with Gasteiger partial charge in [-0.05, 0) is 67.0 Å². The number of aromatic nitrogens is 4. The van der Waals surface area contributed by atoms with E-state index < -0.39 is 0 Å². The highest BCUT2D eigenvalue weighted by Gasteiger charge is 2.18. The van der Waals surface area contributed by atoms with Crippen LogP contribution >= 0.6 is 11.8 Å². The van der Waals surface area contributed by atoms with Crippen LogP contribution in [-0.4, -0.2) is 31.4 Å². The summed E-state index contributed by atoms with van der Waals surface area (Å²) in [4.78, 5) is 16.9. The smallest absolute Gasteiger partial charge is 0.230 e. The van der Waals surface area contributed by atoms with Crippen molar-refractivity contribution >= 4 is 17.7 Å². The van der Waals surface area contributed by atoms with Crippen molar-refractivity contribution in [3.05, 3.63) is 95.3 Å². The molecular formula is C28H29N5OS. The number of fused-ring (bicyclic) bond motifs is 1. The van der Waals surface area contributed by atoms with Crippen molar-refractivity contribution in [3.8, 4) is 11.4 Å². The van der Waals surface area contributed by atoms with Crippen LogP contribution in [0.2, 0.25) is 0 Å². The third-order valence-corrected chi connectivity index (χ3v) is 7.39. The Labute approximate surface area is 210 Å². The Morgan fingerprint density at radius 3 is 2.57 bits per heavy atom. The molecule has 1 N–H and O–H groups in total. The Bertz CT molecular complexity index is 1290. The van der Waals surface area contributed by atoms with Crippen LogP contribution in [0.15, 0.2) is 78.2 Å². The zero-order valence-electron chi connectivity index (χ0n) is 19.9. The lowest BCUT2D eigenvalue weighted by molar-refractivity contribution is -0.119. The highest BCUT2D eigenvalue weighted by Crippen LogP contribution is 2.26. The summed E-state index contributed by atoms with van der Waals surface area (Å²) in [6.07, 6.45) is 8.32. The third kappa shape index (κ3) is 5.62. The number of hydrogen-bond acceptors (Lipinski definition) is 5. The molecule has 7 heteroatoms. The Hall–Kier alpha value is -3.45. The number of thioether (sulfide) groups is 1. The molecule has 2 aromatic carbocycles. The molecule has 0 radical (unpaired) electrons. The van der Waals surface area contributed by atoms with Crippen molar-refractivity contribution in [1.82, 2.24) is 25.1 Å². The van der Waals surface area contributed by atoms with Crippen molar-refractivity contribution < 1.29 is 4.79 Å². The molecule has 1 aliphatic rings. The van der Waals surface area contributed by atoms with Gasteiger partial charge in [0, 0.05) is 18.0 Å². The molecule has 0 saturated carbocycles. The van der Waals surface area contributed by atoms with E-state index in [9.17, 15) is 4.79 Å². The van der Waals surface area contributed by atoms with Crippen LogP contribution in [0.5, 0.6) is 0 Å². The summed E-state index contributed by atoms with van der Waals surface area (Å²) >= 11 is 1.41. The van der Waals surface area contributed by atoms with Gasteiger partial charge in [-0.15, -0.1) is 10.2 Å². The normalized spacial score (nSPS) is 13.7. The minimum Gasteiger partial charge on any atom is -0.349 e. The summed E-state index contributed by atoms with van der Waals surface area (Å²) in [5.74, 6) is 1.03. The van der Waals surface area contributed by atoms with E-state index in [1.165, 1.54) is 35.7 Å². The van der Waals surface area contributed by atoms with Gasteiger partial charge >= 0.3 is 0 Å². The summed E-state index contributed by atoms with van der Waals surface area (Å²) in [6.45, 7) is 2.67. The Morgan fingerprint density at radius 2 is 1.77 bits per heavy atom. The third-order valence-electron chi connectivity index (χ3n) is 6.42. The van der Waals surface area contributed by atoms with Crippen LogP contribution in [0, 0.1) is 0 Å². The minimum atomic E-state index is -0.0371. The molecule has 2 heterocycles. The quantitative estimate of drug-likeness (QED) is 0.347. The van der Waals surface area contributed by atoms with E-state index in [0.29, 0.717) is 6.54 Å². The zero-order chi connectivity index (χ0) is 24.0. The predicted octanol–water partition coefficient (Wildman–Crippen LogP) is 5.24. The SMILES string of the molecule is CC(NC(=O)CSc1nnc(-c2ccncc2)n1Cc1ccccc1)c1ccc2c(c1)CCCC2. The molecule has 1 atom stereocenters. The fourth-order valence-electron chi connectivity index (χ4n) is 4.54. The van der Waals surface area contributed by atoms with E-state index >= 15 is 0 Å².